The molecule has 104 valence electrons. The molecule has 1 aliphatic rings. The van der Waals surface area contributed by atoms with Crippen LogP contribution in [0.3, 0.4) is 0 Å². The molecule has 19 heavy (non-hydrogen) atoms. The van der Waals surface area contributed by atoms with Crippen LogP contribution < -0.4 is 16.4 Å². The molecule has 1 atom stereocenters. The van der Waals surface area contributed by atoms with Crippen LogP contribution in [0.2, 0.25) is 0 Å². The zero-order valence-electron chi connectivity index (χ0n) is 11.6. The van der Waals surface area contributed by atoms with E-state index in [9.17, 15) is 4.79 Å². The van der Waals surface area contributed by atoms with Gasteiger partial charge in [0.2, 0.25) is 5.91 Å². The number of carbonyl (C=O) groups excluding carboxylic acids is 1. The summed E-state index contributed by atoms with van der Waals surface area (Å²) in [6.07, 6.45) is 5.99. The monoisotopic (exact) mass is 261 g/mol. The molecule has 1 fully saturated rings. The van der Waals surface area contributed by atoms with E-state index in [-0.39, 0.29) is 0 Å². The van der Waals surface area contributed by atoms with Gasteiger partial charge in [0.1, 0.15) is 0 Å². The molecule has 4 N–H and O–H groups in total. The first-order valence-electron chi connectivity index (χ1n) is 7.09. The SMILES string of the molecule is CCCC1CCCCN1c1cc(C(N)=O)ccc1N. The van der Waals surface area contributed by atoms with E-state index in [4.69, 9.17) is 11.5 Å². The van der Waals surface area contributed by atoms with Gasteiger partial charge in [-0.2, -0.15) is 0 Å². The summed E-state index contributed by atoms with van der Waals surface area (Å²) in [5.74, 6) is -0.398. The highest BCUT2D eigenvalue weighted by molar-refractivity contribution is 5.95. The summed E-state index contributed by atoms with van der Waals surface area (Å²) < 4.78 is 0. The van der Waals surface area contributed by atoms with Gasteiger partial charge in [0.05, 0.1) is 11.4 Å². The highest BCUT2D eigenvalue weighted by Crippen LogP contribution is 2.32. The van der Waals surface area contributed by atoms with Gasteiger partial charge in [0.15, 0.2) is 0 Å². The maximum atomic E-state index is 11.3. The van der Waals surface area contributed by atoms with E-state index in [0.717, 1.165) is 24.3 Å². The van der Waals surface area contributed by atoms with Crippen molar-refractivity contribution in [2.45, 2.75) is 45.1 Å². The van der Waals surface area contributed by atoms with Crippen molar-refractivity contribution in [1.29, 1.82) is 0 Å². The standard InChI is InChI=1S/C15H23N3O/c1-2-5-12-6-3-4-9-18(12)14-10-11(15(17)19)7-8-13(14)16/h7-8,10,12H,2-6,9,16H2,1H3,(H2,17,19). The van der Waals surface area contributed by atoms with Gasteiger partial charge < -0.3 is 16.4 Å². The van der Waals surface area contributed by atoms with Gasteiger partial charge in [-0.25, -0.2) is 0 Å². The minimum absolute atomic E-state index is 0.398. The minimum atomic E-state index is -0.398. The fraction of sp³-hybridized carbons (Fsp3) is 0.533. The molecule has 2 rings (SSSR count). The number of hydrogen-bond acceptors (Lipinski definition) is 3. The van der Waals surface area contributed by atoms with Crippen LogP contribution in [0.25, 0.3) is 0 Å². The Balaban J connectivity index is 2.32. The normalized spacial score (nSPS) is 19.4. The molecule has 4 nitrogen and oxygen atoms in total. The molecule has 1 amide bonds. The number of nitrogens with two attached hydrogens (primary N) is 2. The molecule has 1 unspecified atom stereocenters. The number of amides is 1. The second kappa shape index (κ2) is 5.95. The first kappa shape index (κ1) is 13.7. The first-order valence-corrected chi connectivity index (χ1v) is 7.09. The van der Waals surface area contributed by atoms with Crippen LogP contribution in [0.1, 0.15) is 49.4 Å². The molecule has 1 aliphatic heterocycles. The van der Waals surface area contributed by atoms with Crippen molar-refractivity contribution in [2.75, 3.05) is 17.2 Å². The average molecular weight is 261 g/mol. The zero-order valence-corrected chi connectivity index (χ0v) is 11.6. The Hall–Kier alpha value is -1.71. The molecule has 4 heteroatoms. The minimum Gasteiger partial charge on any atom is -0.397 e. The Morgan fingerprint density at radius 2 is 2.21 bits per heavy atom. The molecule has 0 aliphatic carbocycles. The Bertz CT molecular complexity index is 457. The molecule has 0 radical (unpaired) electrons. The Labute approximate surface area is 114 Å². The predicted molar refractivity (Wildman–Crippen MR) is 79.3 cm³/mol. The number of nitrogens with zero attached hydrogens (tertiary/aromatic N) is 1. The van der Waals surface area contributed by atoms with E-state index in [0.29, 0.717) is 11.6 Å². The maximum Gasteiger partial charge on any atom is 0.248 e. The van der Waals surface area contributed by atoms with E-state index in [2.05, 4.69) is 11.8 Å². The number of primary amides is 1. The van der Waals surface area contributed by atoms with Gasteiger partial charge in [0.25, 0.3) is 0 Å². The second-order valence-corrected chi connectivity index (χ2v) is 5.27. The van der Waals surface area contributed by atoms with Crippen molar-refractivity contribution in [2.24, 2.45) is 5.73 Å². The van der Waals surface area contributed by atoms with Crippen LogP contribution in [-0.2, 0) is 0 Å². The molecule has 0 bridgehead atoms. The number of carbonyl (C=O) groups is 1. The fourth-order valence-electron chi connectivity index (χ4n) is 2.90. The molecular formula is C15H23N3O. The Kier molecular flexibility index (Phi) is 4.30. The van der Waals surface area contributed by atoms with Crippen molar-refractivity contribution in [3.63, 3.8) is 0 Å². The van der Waals surface area contributed by atoms with Gasteiger partial charge in [-0.1, -0.05) is 13.3 Å². The van der Waals surface area contributed by atoms with E-state index in [1.165, 1.54) is 25.7 Å². The summed E-state index contributed by atoms with van der Waals surface area (Å²) in [6, 6.07) is 5.85. The third-order valence-electron chi connectivity index (χ3n) is 3.87. The molecule has 1 aromatic rings. The highest BCUT2D eigenvalue weighted by atomic mass is 16.1. The molecule has 0 aromatic heterocycles. The lowest BCUT2D eigenvalue weighted by Gasteiger charge is -2.38. The van der Waals surface area contributed by atoms with Crippen molar-refractivity contribution < 1.29 is 4.79 Å². The van der Waals surface area contributed by atoms with Gasteiger partial charge in [-0.15, -0.1) is 0 Å². The number of piperidine rings is 1. The van der Waals surface area contributed by atoms with Crippen LogP contribution in [0, 0.1) is 0 Å². The van der Waals surface area contributed by atoms with Gasteiger partial charge >= 0.3 is 0 Å². The summed E-state index contributed by atoms with van der Waals surface area (Å²) >= 11 is 0. The lowest BCUT2D eigenvalue weighted by Crippen LogP contribution is -2.40. The lowest BCUT2D eigenvalue weighted by atomic mass is 9.96. The van der Waals surface area contributed by atoms with Gasteiger partial charge in [0, 0.05) is 18.2 Å². The molecular weight excluding hydrogens is 238 g/mol. The van der Waals surface area contributed by atoms with Crippen LogP contribution in [0.5, 0.6) is 0 Å². The number of nitrogen functional groups attached to an aromatic ring is 1. The van der Waals surface area contributed by atoms with Gasteiger partial charge in [-0.3, -0.25) is 4.79 Å². The van der Waals surface area contributed by atoms with Crippen molar-refractivity contribution in [3.8, 4) is 0 Å². The third kappa shape index (κ3) is 3.00. The molecule has 1 aromatic carbocycles. The van der Waals surface area contributed by atoms with Crippen LogP contribution in [0.4, 0.5) is 11.4 Å². The third-order valence-corrected chi connectivity index (χ3v) is 3.87. The molecule has 0 spiro atoms. The van der Waals surface area contributed by atoms with E-state index < -0.39 is 5.91 Å². The van der Waals surface area contributed by atoms with Crippen molar-refractivity contribution in [1.82, 2.24) is 0 Å². The van der Waals surface area contributed by atoms with Gasteiger partial charge in [-0.05, 0) is 43.9 Å². The fourth-order valence-corrected chi connectivity index (χ4v) is 2.90. The average Bonchev–Trinajstić information content (AvgIpc) is 2.40. The second-order valence-electron chi connectivity index (χ2n) is 5.27. The first-order chi connectivity index (χ1) is 9.13. The largest absolute Gasteiger partial charge is 0.397 e. The smallest absolute Gasteiger partial charge is 0.248 e. The van der Waals surface area contributed by atoms with Crippen LogP contribution in [-0.4, -0.2) is 18.5 Å². The van der Waals surface area contributed by atoms with E-state index >= 15 is 0 Å². The zero-order chi connectivity index (χ0) is 13.8. The van der Waals surface area contributed by atoms with E-state index in [1.807, 2.05) is 6.07 Å². The highest BCUT2D eigenvalue weighted by Gasteiger charge is 2.23. The molecule has 0 saturated carbocycles. The van der Waals surface area contributed by atoms with Crippen molar-refractivity contribution in [3.05, 3.63) is 23.8 Å². The number of anilines is 2. The van der Waals surface area contributed by atoms with Crippen LogP contribution >= 0.6 is 0 Å². The maximum absolute atomic E-state index is 11.3. The Morgan fingerprint density at radius 3 is 2.89 bits per heavy atom. The van der Waals surface area contributed by atoms with Crippen LogP contribution in [0.15, 0.2) is 18.2 Å². The quantitative estimate of drug-likeness (QED) is 0.818. The van der Waals surface area contributed by atoms with E-state index in [1.54, 1.807) is 12.1 Å². The van der Waals surface area contributed by atoms with Crippen molar-refractivity contribution >= 4 is 17.3 Å². The number of benzene rings is 1. The number of hydrogen-bond donors (Lipinski definition) is 2. The molecule has 1 saturated heterocycles. The summed E-state index contributed by atoms with van der Waals surface area (Å²) in [7, 11) is 0. The lowest BCUT2D eigenvalue weighted by molar-refractivity contribution is 0.100. The predicted octanol–water partition coefficient (Wildman–Crippen LogP) is 2.53. The summed E-state index contributed by atoms with van der Waals surface area (Å²) in [4.78, 5) is 13.7. The topological polar surface area (TPSA) is 72.3 Å². The number of rotatable bonds is 4. The summed E-state index contributed by atoms with van der Waals surface area (Å²) in [5.41, 5.74) is 13.7. The molecule has 1 heterocycles. The summed E-state index contributed by atoms with van der Waals surface area (Å²) in [5, 5.41) is 0. The summed E-state index contributed by atoms with van der Waals surface area (Å²) in [6.45, 7) is 3.22. The Morgan fingerprint density at radius 1 is 1.42 bits per heavy atom.